The molecule has 0 radical (unpaired) electrons. The molecule has 22 heavy (non-hydrogen) atoms. The van der Waals surface area contributed by atoms with Crippen molar-refractivity contribution in [3.8, 4) is 5.75 Å². The van der Waals surface area contributed by atoms with Gasteiger partial charge in [-0.25, -0.2) is 0 Å². The molecule has 5 heteroatoms. The second kappa shape index (κ2) is 6.64. The van der Waals surface area contributed by atoms with Crippen LogP contribution in [-0.4, -0.2) is 17.2 Å². The molecule has 1 unspecified atom stereocenters. The van der Waals surface area contributed by atoms with E-state index in [0.717, 1.165) is 11.3 Å². The highest BCUT2D eigenvalue weighted by Gasteiger charge is 2.17. The van der Waals surface area contributed by atoms with E-state index in [4.69, 9.17) is 9.26 Å². The number of benzene rings is 1. The normalized spacial score (nSPS) is 12.3. The lowest BCUT2D eigenvalue weighted by Crippen LogP contribution is -2.30. The van der Waals surface area contributed by atoms with Crippen molar-refractivity contribution in [2.75, 3.05) is 5.32 Å². The van der Waals surface area contributed by atoms with Gasteiger partial charge in [-0.15, -0.1) is 0 Å². The topological polar surface area (TPSA) is 64.4 Å². The van der Waals surface area contributed by atoms with Gasteiger partial charge in [0.2, 0.25) is 0 Å². The van der Waals surface area contributed by atoms with E-state index in [1.165, 1.54) is 5.56 Å². The summed E-state index contributed by atoms with van der Waals surface area (Å²) in [6.45, 7) is 9.69. The van der Waals surface area contributed by atoms with Crippen molar-refractivity contribution >= 4 is 11.7 Å². The van der Waals surface area contributed by atoms with Crippen LogP contribution >= 0.6 is 0 Å². The highest BCUT2D eigenvalue weighted by atomic mass is 16.5. The monoisotopic (exact) mass is 302 g/mol. The molecule has 1 heterocycles. The number of carbonyl (C=O) groups excluding carboxylic acids is 1. The number of hydrogen-bond donors (Lipinski definition) is 1. The summed E-state index contributed by atoms with van der Waals surface area (Å²) in [5, 5.41) is 6.41. The highest BCUT2D eigenvalue weighted by Crippen LogP contribution is 2.25. The average molecular weight is 302 g/mol. The molecular weight excluding hydrogens is 280 g/mol. The minimum absolute atomic E-state index is 0.261. The Morgan fingerprint density at radius 3 is 2.55 bits per heavy atom. The van der Waals surface area contributed by atoms with Crippen LogP contribution in [0.5, 0.6) is 5.75 Å². The van der Waals surface area contributed by atoms with Crippen molar-refractivity contribution in [3.05, 3.63) is 41.2 Å². The third-order valence-electron chi connectivity index (χ3n) is 3.43. The van der Waals surface area contributed by atoms with E-state index in [1.807, 2.05) is 19.1 Å². The van der Waals surface area contributed by atoms with Gasteiger partial charge in [-0.05, 0) is 43.9 Å². The van der Waals surface area contributed by atoms with Crippen LogP contribution in [0.3, 0.4) is 0 Å². The molecular formula is C17H22N2O3. The number of hydrogen-bond acceptors (Lipinski definition) is 4. The maximum absolute atomic E-state index is 12.1. The van der Waals surface area contributed by atoms with Crippen molar-refractivity contribution in [2.24, 2.45) is 0 Å². The molecule has 0 saturated heterocycles. The van der Waals surface area contributed by atoms with E-state index in [-0.39, 0.29) is 5.91 Å². The average Bonchev–Trinajstić information content (AvgIpc) is 2.86. The van der Waals surface area contributed by atoms with Crippen LogP contribution in [0.4, 0.5) is 5.82 Å². The van der Waals surface area contributed by atoms with Gasteiger partial charge in [0.25, 0.3) is 5.91 Å². The first-order valence-corrected chi connectivity index (χ1v) is 7.38. The first-order chi connectivity index (χ1) is 10.4. The van der Waals surface area contributed by atoms with E-state index >= 15 is 0 Å². The van der Waals surface area contributed by atoms with Gasteiger partial charge in [0.15, 0.2) is 11.9 Å². The Morgan fingerprint density at radius 2 is 1.95 bits per heavy atom. The van der Waals surface area contributed by atoms with Gasteiger partial charge in [0.1, 0.15) is 11.5 Å². The van der Waals surface area contributed by atoms with Crippen LogP contribution in [0, 0.1) is 13.8 Å². The largest absolute Gasteiger partial charge is 0.481 e. The Kier molecular flexibility index (Phi) is 4.85. The lowest BCUT2D eigenvalue weighted by atomic mass is 10.0. The quantitative estimate of drug-likeness (QED) is 0.912. The van der Waals surface area contributed by atoms with Gasteiger partial charge in [-0.1, -0.05) is 31.1 Å². The Hall–Kier alpha value is -2.30. The molecule has 1 aromatic heterocycles. The third-order valence-corrected chi connectivity index (χ3v) is 3.43. The third kappa shape index (κ3) is 3.87. The molecule has 118 valence electrons. The summed E-state index contributed by atoms with van der Waals surface area (Å²) < 4.78 is 10.7. The van der Waals surface area contributed by atoms with Crippen molar-refractivity contribution < 1.29 is 14.1 Å². The molecule has 5 nitrogen and oxygen atoms in total. The fourth-order valence-electron chi connectivity index (χ4n) is 2.00. The number of carbonyl (C=O) groups is 1. The number of nitrogens with one attached hydrogen (secondary N) is 1. The standard InChI is InChI=1S/C17H22N2O3/c1-10(2)14-7-6-11(3)15(9-14)21-13(5)17(20)18-16-8-12(4)22-19-16/h6-10,13H,1-5H3,(H,18,19,20). The van der Waals surface area contributed by atoms with Gasteiger partial charge in [0, 0.05) is 6.07 Å². The Bertz CT molecular complexity index is 662. The van der Waals surface area contributed by atoms with E-state index < -0.39 is 6.10 Å². The van der Waals surface area contributed by atoms with Crippen LogP contribution in [-0.2, 0) is 4.79 Å². The number of rotatable bonds is 5. The molecule has 0 saturated carbocycles. The van der Waals surface area contributed by atoms with E-state index in [9.17, 15) is 4.79 Å². The van der Waals surface area contributed by atoms with Crippen LogP contribution in [0.25, 0.3) is 0 Å². The SMILES string of the molecule is Cc1cc(NC(=O)C(C)Oc2cc(C(C)C)ccc2C)no1. The molecule has 1 amide bonds. The van der Waals surface area contributed by atoms with E-state index in [1.54, 1.807) is 19.9 Å². The summed E-state index contributed by atoms with van der Waals surface area (Å²) in [5.74, 6) is 1.91. The fourth-order valence-corrected chi connectivity index (χ4v) is 2.00. The molecule has 0 aliphatic rings. The lowest BCUT2D eigenvalue weighted by Gasteiger charge is -2.17. The van der Waals surface area contributed by atoms with Crippen molar-refractivity contribution in [2.45, 2.75) is 46.6 Å². The molecule has 1 N–H and O–H groups in total. The zero-order valence-electron chi connectivity index (χ0n) is 13.6. The van der Waals surface area contributed by atoms with Gasteiger partial charge in [-0.2, -0.15) is 0 Å². The van der Waals surface area contributed by atoms with Crippen LogP contribution in [0.15, 0.2) is 28.8 Å². The Balaban J connectivity index is 2.06. The summed E-state index contributed by atoms with van der Waals surface area (Å²) in [6, 6.07) is 7.74. The smallest absolute Gasteiger partial charge is 0.266 e. The summed E-state index contributed by atoms with van der Waals surface area (Å²) >= 11 is 0. The van der Waals surface area contributed by atoms with E-state index in [2.05, 4.69) is 30.4 Å². The molecule has 0 spiro atoms. The zero-order valence-corrected chi connectivity index (χ0v) is 13.6. The van der Waals surface area contributed by atoms with Crippen LogP contribution in [0.1, 0.15) is 43.6 Å². The zero-order chi connectivity index (χ0) is 16.3. The second-order valence-corrected chi connectivity index (χ2v) is 5.75. The van der Waals surface area contributed by atoms with Crippen LogP contribution in [0.2, 0.25) is 0 Å². The lowest BCUT2D eigenvalue weighted by molar-refractivity contribution is -0.122. The number of aromatic nitrogens is 1. The maximum atomic E-state index is 12.1. The molecule has 0 aliphatic heterocycles. The molecule has 1 atom stereocenters. The predicted molar refractivity (Wildman–Crippen MR) is 85.2 cm³/mol. The number of ether oxygens (including phenoxy) is 1. The minimum atomic E-state index is -0.627. The van der Waals surface area contributed by atoms with E-state index in [0.29, 0.717) is 17.5 Å². The molecule has 0 aliphatic carbocycles. The fraction of sp³-hybridized carbons (Fsp3) is 0.412. The minimum Gasteiger partial charge on any atom is -0.481 e. The van der Waals surface area contributed by atoms with Crippen molar-refractivity contribution in [1.29, 1.82) is 0 Å². The van der Waals surface area contributed by atoms with Gasteiger partial charge in [0.05, 0.1) is 0 Å². The molecule has 0 bridgehead atoms. The highest BCUT2D eigenvalue weighted by molar-refractivity contribution is 5.93. The first kappa shape index (κ1) is 16.1. The van der Waals surface area contributed by atoms with Gasteiger partial charge in [-0.3, -0.25) is 4.79 Å². The maximum Gasteiger partial charge on any atom is 0.266 e. The number of amides is 1. The van der Waals surface area contributed by atoms with Crippen LogP contribution < -0.4 is 10.1 Å². The van der Waals surface area contributed by atoms with Crippen molar-refractivity contribution in [1.82, 2.24) is 5.16 Å². The van der Waals surface area contributed by atoms with Crippen molar-refractivity contribution in [3.63, 3.8) is 0 Å². The Labute approximate surface area is 130 Å². The predicted octanol–water partition coefficient (Wildman–Crippen LogP) is 3.82. The molecule has 0 fully saturated rings. The molecule has 2 rings (SSSR count). The van der Waals surface area contributed by atoms with Gasteiger partial charge >= 0.3 is 0 Å². The Morgan fingerprint density at radius 1 is 1.23 bits per heavy atom. The summed E-state index contributed by atoms with van der Waals surface area (Å²) in [4.78, 5) is 12.1. The summed E-state index contributed by atoms with van der Waals surface area (Å²) in [5.41, 5.74) is 2.18. The second-order valence-electron chi connectivity index (χ2n) is 5.75. The number of aryl methyl sites for hydroxylation is 2. The first-order valence-electron chi connectivity index (χ1n) is 7.38. The number of anilines is 1. The van der Waals surface area contributed by atoms with Gasteiger partial charge < -0.3 is 14.6 Å². The summed E-state index contributed by atoms with van der Waals surface area (Å²) in [7, 11) is 0. The molecule has 1 aromatic carbocycles. The number of nitrogens with zero attached hydrogens (tertiary/aromatic N) is 1. The summed E-state index contributed by atoms with van der Waals surface area (Å²) in [6.07, 6.45) is -0.627. The molecule has 2 aromatic rings.